The van der Waals surface area contributed by atoms with Crippen molar-refractivity contribution in [1.29, 1.82) is 0 Å². The molecule has 3 N–H and O–H groups in total. The van der Waals surface area contributed by atoms with E-state index < -0.39 is 0 Å². The first-order chi connectivity index (χ1) is 13.2. The number of furan rings is 1. The lowest BCUT2D eigenvalue weighted by Crippen LogP contribution is -2.29. The number of carbonyl (C=O) groups is 2. The molecule has 2 amide bonds. The van der Waals surface area contributed by atoms with E-state index in [0.29, 0.717) is 36.5 Å². The van der Waals surface area contributed by atoms with Crippen LogP contribution in [0.5, 0.6) is 0 Å². The Balaban J connectivity index is 1.24. The molecule has 136 valence electrons. The van der Waals surface area contributed by atoms with Gasteiger partial charge in [0.05, 0.1) is 0 Å². The molecule has 2 aromatic carbocycles. The lowest BCUT2D eigenvalue weighted by molar-refractivity contribution is 0.0927. The van der Waals surface area contributed by atoms with Crippen LogP contribution < -0.4 is 10.6 Å². The van der Waals surface area contributed by atoms with Gasteiger partial charge in [-0.15, -0.1) is 0 Å². The summed E-state index contributed by atoms with van der Waals surface area (Å²) in [5, 5.41) is 7.55. The van der Waals surface area contributed by atoms with Crippen LogP contribution >= 0.6 is 0 Å². The van der Waals surface area contributed by atoms with Gasteiger partial charge in [-0.1, -0.05) is 36.4 Å². The third-order valence-corrected chi connectivity index (χ3v) is 4.35. The molecule has 6 heteroatoms. The molecule has 0 aliphatic heterocycles. The number of aromatic amines is 1. The van der Waals surface area contributed by atoms with Crippen molar-refractivity contribution in [3.05, 3.63) is 72.1 Å². The van der Waals surface area contributed by atoms with Gasteiger partial charge in [-0.25, -0.2) is 0 Å². The van der Waals surface area contributed by atoms with Gasteiger partial charge in [0.2, 0.25) is 0 Å². The molecular weight excluding hydrogens is 342 g/mol. The van der Waals surface area contributed by atoms with Crippen LogP contribution in [0.3, 0.4) is 0 Å². The van der Waals surface area contributed by atoms with Gasteiger partial charge in [0.1, 0.15) is 11.3 Å². The summed E-state index contributed by atoms with van der Waals surface area (Å²) < 4.78 is 5.53. The number of hydrogen-bond acceptors (Lipinski definition) is 3. The third kappa shape index (κ3) is 3.69. The van der Waals surface area contributed by atoms with E-state index in [0.717, 1.165) is 16.3 Å². The molecule has 0 fully saturated rings. The zero-order valence-electron chi connectivity index (χ0n) is 14.6. The summed E-state index contributed by atoms with van der Waals surface area (Å²) in [6.07, 6.45) is 0.623. The fraction of sp³-hybridized carbons (Fsp3) is 0.143. The molecule has 0 unspecified atom stereocenters. The Hall–Kier alpha value is -3.54. The number of carbonyl (C=O) groups excluding carboxylic acids is 2. The van der Waals surface area contributed by atoms with Crippen molar-refractivity contribution < 1.29 is 14.0 Å². The minimum absolute atomic E-state index is 0.158. The zero-order chi connectivity index (χ0) is 18.6. The summed E-state index contributed by atoms with van der Waals surface area (Å²) in [5.41, 5.74) is 2.15. The van der Waals surface area contributed by atoms with Crippen molar-refractivity contribution in [2.24, 2.45) is 0 Å². The quantitative estimate of drug-likeness (QED) is 0.460. The smallest absolute Gasteiger partial charge is 0.287 e. The van der Waals surface area contributed by atoms with Crippen LogP contribution in [-0.2, 0) is 0 Å². The molecule has 6 nitrogen and oxygen atoms in total. The molecule has 4 aromatic rings. The van der Waals surface area contributed by atoms with E-state index in [1.807, 2.05) is 54.6 Å². The predicted octanol–water partition coefficient (Wildman–Crippen LogP) is 3.46. The molecule has 0 atom stereocenters. The van der Waals surface area contributed by atoms with E-state index in [1.54, 1.807) is 6.07 Å². The number of benzene rings is 2. The van der Waals surface area contributed by atoms with Crippen LogP contribution in [0.2, 0.25) is 0 Å². The van der Waals surface area contributed by atoms with Crippen molar-refractivity contribution in [2.45, 2.75) is 6.42 Å². The Kier molecular flexibility index (Phi) is 4.61. The number of amides is 2. The molecule has 27 heavy (non-hydrogen) atoms. The number of para-hydroxylation sites is 2. The highest BCUT2D eigenvalue weighted by atomic mass is 16.3. The van der Waals surface area contributed by atoms with Crippen LogP contribution in [0.1, 0.15) is 27.5 Å². The van der Waals surface area contributed by atoms with Gasteiger partial charge < -0.3 is 20.0 Å². The second-order valence-corrected chi connectivity index (χ2v) is 6.28. The summed E-state index contributed by atoms with van der Waals surface area (Å²) in [6.45, 7) is 0.914. The Labute approximate surface area is 155 Å². The molecule has 2 aromatic heterocycles. The van der Waals surface area contributed by atoms with E-state index in [-0.39, 0.29) is 11.8 Å². The molecular formula is C21H19N3O3. The van der Waals surface area contributed by atoms with Gasteiger partial charge in [0, 0.05) is 29.4 Å². The van der Waals surface area contributed by atoms with Gasteiger partial charge in [-0.05, 0) is 30.7 Å². The first kappa shape index (κ1) is 16.9. The summed E-state index contributed by atoms with van der Waals surface area (Å²) >= 11 is 0. The van der Waals surface area contributed by atoms with Crippen LogP contribution in [0.25, 0.3) is 21.9 Å². The lowest BCUT2D eigenvalue weighted by Gasteiger charge is -2.05. The van der Waals surface area contributed by atoms with E-state index >= 15 is 0 Å². The zero-order valence-corrected chi connectivity index (χ0v) is 14.6. The van der Waals surface area contributed by atoms with Crippen molar-refractivity contribution in [3.63, 3.8) is 0 Å². The van der Waals surface area contributed by atoms with Crippen LogP contribution in [0, 0.1) is 0 Å². The first-order valence-corrected chi connectivity index (χ1v) is 8.83. The van der Waals surface area contributed by atoms with E-state index in [4.69, 9.17) is 4.42 Å². The van der Waals surface area contributed by atoms with E-state index in [1.165, 1.54) is 0 Å². The van der Waals surface area contributed by atoms with Crippen molar-refractivity contribution in [3.8, 4) is 0 Å². The molecule has 0 radical (unpaired) electrons. The molecule has 2 heterocycles. The minimum Gasteiger partial charge on any atom is -0.451 e. The Morgan fingerprint density at radius 3 is 2.33 bits per heavy atom. The Morgan fingerprint density at radius 2 is 1.56 bits per heavy atom. The molecule has 0 spiro atoms. The van der Waals surface area contributed by atoms with Gasteiger partial charge in [0.15, 0.2) is 5.76 Å². The van der Waals surface area contributed by atoms with Gasteiger partial charge in [-0.2, -0.15) is 0 Å². The largest absolute Gasteiger partial charge is 0.451 e. The molecule has 0 saturated carbocycles. The molecule has 4 rings (SSSR count). The molecule has 0 aliphatic rings. The normalized spacial score (nSPS) is 11.0. The molecule has 0 bridgehead atoms. The number of fused-ring (bicyclic) bond motifs is 2. The standard InChI is InChI=1S/C21H19N3O3/c25-20(17-12-14-6-1-3-8-16(14)24-17)22-10-5-11-23-21(26)19-13-15-7-2-4-9-18(15)27-19/h1-4,6-9,12-13,24H,5,10-11H2,(H,22,25)(H,23,26). The lowest BCUT2D eigenvalue weighted by atomic mass is 10.2. The van der Waals surface area contributed by atoms with Gasteiger partial charge in [0.25, 0.3) is 11.8 Å². The number of H-pyrrole nitrogens is 1. The first-order valence-electron chi connectivity index (χ1n) is 8.83. The monoisotopic (exact) mass is 361 g/mol. The average Bonchev–Trinajstić information content (AvgIpc) is 3.31. The van der Waals surface area contributed by atoms with Crippen LogP contribution in [-0.4, -0.2) is 29.9 Å². The highest BCUT2D eigenvalue weighted by Crippen LogP contribution is 2.18. The number of aromatic nitrogens is 1. The highest BCUT2D eigenvalue weighted by molar-refractivity contribution is 5.98. The summed E-state index contributed by atoms with van der Waals surface area (Å²) in [4.78, 5) is 27.4. The fourth-order valence-electron chi connectivity index (χ4n) is 2.96. The van der Waals surface area contributed by atoms with Crippen LogP contribution in [0.4, 0.5) is 0 Å². The Bertz CT molecular complexity index is 956. The number of nitrogens with one attached hydrogen (secondary N) is 3. The topological polar surface area (TPSA) is 87.1 Å². The summed E-state index contributed by atoms with van der Waals surface area (Å²) in [5.74, 6) is -0.124. The Morgan fingerprint density at radius 1 is 0.852 bits per heavy atom. The maximum Gasteiger partial charge on any atom is 0.287 e. The van der Waals surface area contributed by atoms with Crippen LogP contribution in [0.15, 0.2) is 65.1 Å². The van der Waals surface area contributed by atoms with Gasteiger partial charge in [-0.3, -0.25) is 9.59 Å². The molecule has 0 saturated heterocycles. The van der Waals surface area contributed by atoms with Crippen molar-refractivity contribution in [1.82, 2.24) is 15.6 Å². The number of rotatable bonds is 6. The fourth-order valence-corrected chi connectivity index (χ4v) is 2.96. The average molecular weight is 361 g/mol. The maximum atomic E-state index is 12.2. The second kappa shape index (κ2) is 7.37. The summed E-state index contributed by atoms with van der Waals surface area (Å²) in [6, 6.07) is 18.8. The van der Waals surface area contributed by atoms with Crippen molar-refractivity contribution >= 4 is 33.7 Å². The van der Waals surface area contributed by atoms with Gasteiger partial charge >= 0.3 is 0 Å². The SMILES string of the molecule is O=C(NCCCNC(=O)c1cc2ccccc2o1)c1cc2ccccc2[nH]1. The third-order valence-electron chi connectivity index (χ3n) is 4.35. The minimum atomic E-state index is -0.256. The van der Waals surface area contributed by atoms with Crippen molar-refractivity contribution in [2.75, 3.05) is 13.1 Å². The summed E-state index contributed by atoms with van der Waals surface area (Å²) in [7, 11) is 0. The highest BCUT2D eigenvalue weighted by Gasteiger charge is 2.12. The van der Waals surface area contributed by atoms with E-state index in [2.05, 4.69) is 15.6 Å². The maximum absolute atomic E-state index is 12.2. The predicted molar refractivity (Wildman–Crippen MR) is 104 cm³/mol. The molecule has 0 aliphatic carbocycles. The second-order valence-electron chi connectivity index (χ2n) is 6.28. The van der Waals surface area contributed by atoms with E-state index in [9.17, 15) is 9.59 Å². The number of hydrogen-bond donors (Lipinski definition) is 3.